The van der Waals surface area contributed by atoms with Crippen molar-refractivity contribution < 1.29 is 9.31 Å². The van der Waals surface area contributed by atoms with Crippen molar-refractivity contribution in [2.75, 3.05) is 0 Å². The van der Waals surface area contributed by atoms with Gasteiger partial charge in [-0.15, -0.1) is 0 Å². The normalized spacial score (nSPS) is 24.7. The monoisotopic (exact) mass is 196 g/mol. The van der Waals surface area contributed by atoms with E-state index in [0.717, 1.165) is 12.1 Å². The fourth-order valence-electron chi connectivity index (χ4n) is 1.50. The highest BCUT2D eigenvalue weighted by Gasteiger charge is 2.37. The first-order valence-electron chi connectivity index (χ1n) is 4.29. The number of rotatable bonds is 2. The van der Waals surface area contributed by atoms with Crippen molar-refractivity contribution in [2.24, 2.45) is 5.73 Å². The van der Waals surface area contributed by atoms with Gasteiger partial charge in [-0.3, -0.25) is 10.1 Å². The minimum absolute atomic E-state index is 0.0464. The summed E-state index contributed by atoms with van der Waals surface area (Å²) in [5.41, 5.74) is 5.84. The van der Waals surface area contributed by atoms with Crippen molar-refractivity contribution in [2.45, 2.75) is 18.4 Å². The van der Waals surface area contributed by atoms with Gasteiger partial charge in [0.25, 0.3) is 5.69 Å². The number of nitrogens with two attached hydrogens (primary N) is 1. The lowest BCUT2D eigenvalue weighted by atomic mass is 10.1. The van der Waals surface area contributed by atoms with Crippen molar-refractivity contribution in [3.63, 3.8) is 0 Å². The molecule has 2 N–H and O–H groups in total. The third-order valence-electron chi connectivity index (χ3n) is 2.43. The Kier molecular flexibility index (Phi) is 1.96. The van der Waals surface area contributed by atoms with Crippen LogP contribution in [0.2, 0.25) is 0 Å². The quantitative estimate of drug-likeness (QED) is 0.576. The first kappa shape index (κ1) is 9.08. The van der Waals surface area contributed by atoms with E-state index in [1.165, 1.54) is 6.07 Å². The summed E-state index contributed by atoms with van der Waals surface area (Å²) < 4.78 is 13.2. The largest absolute Gasteiger partial charge is 0.327 e. The number of nitrogens with zero attached hydrogens (tertiary/aromatic N) is 1. The van der Waals surface area contributed by atoms with Crippen molar-refractivity contribution in [3.8, 4) is 0 Å². The fraction of sp³-hybridized carbons (Fsp3) is 0.333. The van der Waals surface area contributed by atoms with Crippen molar-refractivity contribution in [1.29, 1.82) is 0 Å². The molecule has 0 saturated heterocycles. The zero-order valence-electron chi connectivity index (χ0n) is 7.31. The smallest absolute Gasteiger partial charge is 0.269 e. The van der Waals surface area contributed by atoms with E-state index in [2.05, 4.69) is 0 Å². The second-order valence-corrected chi connectivity index (χ2v) is 3.47. The second-order valence-electron chi connectivity index (χ2n) is 3.47. The first-order valence-corrected chi connectivity index (χ1v) is 4.29. The number of nitro groups is 1. The Balaban J connectivity index is 2.38. The molecule has 1 aromatic carbocycles. The number of benzene rings is 1. The standard InChI is InChI=1S/C9H9FN2O2/c10-8-2-1-5(12(13)14)3-6(8)7-4-9(7)11/h1-3,7,9H,4,11H2/t7-,9+/m0/s1. The SMILES string of the molecule is N[C@@H]1C[C@H]1c1cc([N+](=O)[O-])ccc1F. The molecule has 1 fully saturated rings. The fourth-order valence-corrected chi connectivity index (χ4v) is 1.50. The Morgan fingerprint density at radius 1 is 1.57 bits per heavy atom. The topological polar surface area (TPSA) is 69.2 Å². The molecule has 1 aliphatic carbocycles. The maximum absolute atomic E-state index is 13.2. The first-order chi connectivity index (χ1) is 6.59. The van der Waals surface area contributed by atoms with E-state index in [0.29, 0.717) is 12.0 Å². The molecular weight excluding hydrogens is 187 g/mol. The van der Waals surface area contributed by atoms with Gasteiger partial charge in [0.15, 0.2) is 0 Å². The zero-order chi connectivity index (χ0) is 10.3. The molecule has 0 aromatic heterocycles. The number of non-ortho nitro benzene ring substituents is 1. The molecule has 14 heavy (non-hydrogen) atoms. The predicted octanol–water partition coefficient (Wildman–Crippen LogP) is 1.55. The molecule has 0 heterocycles. The second kappa shape index (κ2) is 3.02. The summed E-state index contributed by atoms with van der Waals surface area (Å²) in [7, 11) is 0. The van der Waals surface area contributed by atoms with Crippen LogP contribution in [-0.2, 0) is 0 Å². The van der Waals surface area contributed by atoms with Gasteiger partial charge in [-0.25, -0.2) is 4.39 Å². The van der Waals surface area contributed by atoms with Crippen LogP contribution in [0.3, 0.4) is 0 Å². The lowest BCUT2D eigenvalue weighted by Crippen LogP contribution is -2.02. The molecule has 0 bridgehead atoms. The van der Waals surface area contributed by atoms with Gasteiger partial charge in [-0.05, 0) is 18.1 Å². The molecule has 0 radical (unpaired) electrons. The van der Waals surface area contributed by atoms with Crippen molar-refractivity contribution in [3.05, 3.63) is 39.7 Å². The van der Waals surface area contributed by atoms with E-state index < -0.39 is 10.7 Å². The van der Waals surface area contributed by atoms with Crippen LogP contribution < -0.4 is 5.73 Å². The summed E-state index contributed by atoms with van der Waals surface area (Å²) in [6.45, 7) is 0. The van der Waals surface area contributed by atoms with Crippen LogP contribution in [0.4, 0.5) is 10.1 Å². The van der Waals surface area contributed by atoms with E-state index in [9.17, 15) is 14.5 Å². The average molecular weight is 196 g/mol. The van der Waals surface area contributed by atoms with Gasteiger partial charge >= 0.3 is 0 Å². The lowest BCUT2D eigenvalue weighted by molar-refractivity contribution is -0.385. The van der Waals surface area contributed by atoms with Gasteiger partial charge < -0.3 is 5.73 Å². The molecule has 1 aromatic rings. The van der Waals surface area contributed by atoms with Crippen LogP contribution >= 0.6 is 0 Å². The molecular formula is C9H9FN2O2. The van der Waals surface area contributed by atoms with E-state index in [4.69, 9.17) is 5.73 Å². The molecule has 2 atom stereocenters. The summed E-state index contributed by atoms with van der Waals surface area (Å²) in [5, 5.41) is 10.4. The van der Waals surface area contributed by atoms with Crippen molar-refractivity contribution >= 4 is 5.69 Å². The Morgan fingerprint density at radius 3 is 2.71 bits per heavy atom. The minimum atomic E-state index is -0.531. The molecule has 4 nitrogen and oxygen atoms in total. The van der Waals surface area contributed by atoms with E-state index in [1.54, 1.807) is 0 Å². The maximum atomic E-state index is 13.2. The minimum Gasteiger partial charge on any atom is -0.327 e. The van der Waals surface area contributed by atoms with Crippen LogP contribution in [0.15, 0.2) is 18.2 Å². The third-order valence-corrected chi connectivity index (χ3v) is 2.43. The zero-order valence-corrected chi connectivity index (χ0v) is 7.31. The molecule has 74 valence electrons. The highest BCUT2D eigenvalue weighted by atomic mass is 19.1. The Hall–Kier alpha value is -1.49. The molecule has 5 heteroatoms. The van der Waals surface area contributed by atoms with Gasteiger partial charge in [-0.1, -0.05) is 0 Å². The molecule has 2 rings (SSSR count). The van der Waals surface area contributed by atoms with E-state index in [-0.39, 0.29) is 17.6 Å². The van der Waals surface area contributed by atoms with Gasteiger partial charge in [0.2, 0.25) is 0 Å². The average Bonchev–Trinajstić information content (AvgIpc) is 2.83. The number of hydrogen-bond acceptors (Lipinski definition) is 3. The molecule has 0 amide bonds. The molecule has 1 aliphatic rings. The highest BCUT2D eigenvalue weighted by molar-refractivity contribution is 5.40. The summed E-state index contributed by atoms with van der Waals surface area (Å²) in [5.74, 6) is -0.455. The summed E-state index contributed by atoms with van der Waals surface area (Å²) in [4.78, 5) is 9.91. The van der Waals surface area contributed by atoms with Crippen LogP contribution in [0.1, 0.15) is 17.9 Å². The molecule has 0 unspecified atom stereocenters. The number of halogens is 1. The van der Waals surface area contributed by atoms with E-state index >= 15 is 0 Å². The summed E-state index contributed by atoms with van der Waals surface area (Å²) in [6, 6.07) is 3.50. The van der Waals surface area contributed by atoms with Gasteiger partial charge in [0.05, 0.1) is 4.92 Å². The Labute approximate surface area is 79.7 Å². The summed E-state index contributed by atoms with van der Waals surface area (Å²) in [6.07, 6.45) is 0.706. The van der Waals surface area contributed by atoms with E-state index in [1.807, 2.05) is 0 Å². The number of hydrogen-bond donors (Lipinski definition) is 1. The van der Waals surface area contributed by atoms with Crippen LogP contribution in [-0.4, -0.2) is 11.0 Å². The Morgan fingerprint density at radius 2 is 2.21 bits per heavy atom. The molecule has 0 aliphatic heterocycles. The van der Waals surface area contributed by atoms with Gasteiger partial charge in [-0.2, -0.15) is 0 Å². The molecule has 0 spiro atoms. The third kappa shape index (κ3) is 1.46. The number of nitro benzene ring substituents is 1. The Bertz CT molecular complexity index is 394. The lowest BCUT2D eigenvalue weighted by Gasteiger charge is -2.00. The van der Waals surface area contributed by atoms with Crippen molar-refractivity contribution in [1.82, 2.24) is 0 Å². The van der Waals surface area contributed by atoms with Gasteiger partial charge in [0, 0.05) is 24.1 Å². The summed E-state index contributed by atoms with van der Waals surface area (Å²) >= 11 is 0. The van der Waals surface area contributed by atoms with Crippen LogP contribution in [0.5, 0.6) is 0 Å². The highest BCUT2D eigenvalue weighted by Crippen LogP contribution is 2.41. The predicted molar refractivity (Wildman–Crippen MR) is 48.4 cm³/mol. The maximum Gasteiger partial charge on any atom is 0.269 e. The van der Waals surface area contributed by atoms with Gasteiger partial charge in [0.1, 0.15) is 5.82 Å². The molecule has 1 saturated carbocycles. The van der Waals surface area contributed by atoms with Crippen LogP contribution in [0.25, 0.3) is 0 Å². The van der Waals surface area contributed by atoms with Crippen LogP contribution in [0, 0.1) is 15.9 Å².